The van der Waals surface area contributed by atoms with Crippen LogP contribution in [0.3, 0.4) is 0 Å². The van der Waals surface area contributed by atoms with Gasteiger partial charge in [-0.25, -0.2) is 0 Å². The first-order chi connectivity index (χ1) is 8.09. The lowest BCUT2D eigenvalue weighted by atomic mass is 10.2. The Morgan fingerprint density at radius 1 is 1.47 bits per heavy atom. The van der Waals surface area contributed by atoms with Crippen LogP contribution in [0.1, 0.15) is 16.1 Å². The lowest BCUT2D eigenvalue weighted by Gasteiger charge is -2.04. The summed E-state index contributed by atoms with van der Waals surface area (Å²) >= 11 is 5.91. The minimum atomic E-state index is -0.339. The zero-order valence-electron chi connectivity index (χ0n) is 9.12. The first-order valence-electron chi connectivity index (χ1n) is 4.96. The standard InChI is InChI=1S/C11H11ClN4O/c1-6-9(13)10(16-15-6)14-11(17)7-4-2-3-5-8(7)12/h2-5H,13H2,1H3,(H2,14,15,16,17). The number of H-pyrrole nitrogens is 1. The van der Waals surface area contributed by atoms with Crippen molar-refractivity contribution in [2.24, 2.45) is 0 Å². The number of nitrogens with one attached hydrogen (secondary N) is 2. The number of nitrogen functional groups attached to an aromatic ring is 1. The minimum absolute atomic E-state index is 0.312. The van der Waals surface area contributed by atoms with E-state index in [9.17, 15) is 4.79 Å². The Morgan fingerprint density at radius 2 is 2.18 bits per heavy atom. The van der Waals surface area contributed by atoms with Crippen molar-refractivity contribution < 1.29 is 4.79 Å². The van der Waals surface area contributed by atoms with E-state index in [1.807, 2.05) is 0 Å². The number of aryl methyl sites for hydroxylation is 1. The van der Waals surface area contributed by atoms with Crippen LogP contribution in [0.5, 0.6) is 0 Å². The van der Waals surface area contributed by atoms with Gasteiger partial charge in [-0.05, 0) is 19.1 Å². The molecule has 4 N–H and O–H groups in total. The lowest BCUT2D eigenvalue weighted by Crippen LogP contribution is -2.13. The van der Waals surface area contributed by atoms with Crippen molar-refractivity contribution in [3.63, 3.8) is 0 Å². The number of hydrogen-bond acceptors (Lipinski definition) is 3. The molecule has 0 saturated carbocycles. The lowest BCUT2D eigenvalue weighted by molar-refractivity contribution is 0.102. The van der Waals surface area contributed by atoms with Gasteiger partial charge in [0.05, 0.1) is 22.0 Å². The molecule has 0 radical (unpaired) electrons. The number of aromatic amines is 1. The normalized spacial score (nSPS) is 10.2. The highest BCUT2D eigenvalue weighted by atomic mass is 35.5. The molecule has 6 heteroatoms. The highest BCUT2D eigenvalue weighted by molar-refractivity contribution is 6.34. The molecule has 1 heterocycles. The molecule has 0 fully saturated rings. The van der Waals surface area contributed by atoms with Crippen molar-refractivity contribution in [2.75, 3.05) is 11.1 Å². The van der Waals surface area contributed by atoms with Crippen LogP contribution in [0.15, 0.2) is 24.3 Å². The van der Waals surface area contributed by atoms with Crippen molar-refractivity contribution in [3.05, 3.63) is 40.5 Å². The third-order valence-electron chi connectivity index (χ3n) is 2.34. The topological polar surface area (TPSA) is 83.8 Å². The maximum absolute atomic E-state index is 11.9. The molecule has 0 saturated heterocycles. The largest absolute Gasteiger partial charge is 0.394 e. The van der Waals surface area contributed by atoms with Gasteiger partial charge in [-0.3, -0.25) is 9.89 Å². The quantitative estimate of drug-likeness (QED) is 0.764. The molecule has 0 unspecified atom stereocenters. The van der Waals surface area contributed by atoms with Gasteiger partial charge in [0.1, 0.15) is 0 Å². The molecule has 1 aromatic carbocycles. The third kappa shape index (κ3) is 2.24. The second-order valence-corrected chi connectivity index (χ2v) is 3.95. The molecule has 0 bridgehead atoms. The van der Waals surface area contributed by atoms with Crippen LogP contribution in [-0.2, 0) is 0 Å². The van der Waals surface area contributed by atoms with E-state index in [0.29, 0.717) is 27.8 Å². The van der Waals surface area contributed by atoms with Gasteiger partial charge in [0.25, 0.3) is 5.91 Å². The number of benzene rings is 1. The van der Waals surface area contributed by atoms with Gasteiger partial charge in [-0.15, -0.1) is 0 Å². The SMILES string of the molecule is Cc1[nH]nc(NC(=O)c2ccccc2Cl)c1N. The van der Waals surface area contributed by atoms with Crippen LogP contribution in [0.2, 0.25) is 5.02 Å². The number of amides is 1. The summed E-state index contributed by atoms with van der Waals surface area (Å²) in [6.07, 6.45) is 0. The van der Waals surface area contributed by atoms with Crippen molar-refractivity contribution in [1.29, 1.82) is 0 Å². The number of halogens is 1. The minimum Gasteiger partial charge on any atom is -0.394 e. The maximum atomic E-state index is 11.9. The van der Waals surface area contributed by atoms with E-state index < -0.39 is 0 Å². The number of nitrogens with zero attached hydrogens (tertiary/aromatic N) is 1. The summed E-state index contributed by atoms with van der Waals surface area (Å²) in [5.74, 6) is -0.0266. The number of carbonyl (C=O) groups is 1. The van der Waals surface area contributed by atoms with Gasteiger partial charge in [0.15, 0.2) is 5.82 Å². The van der Waals surface area contributed by atoms with Gasteiger partial charge >= 0.3 is 0 Å². The molecule has 2 rings (SSSR count). The summed E-state index contributed by atoms with van der Waals surface area (Å²) in [7, 11) is 0. The molecule has 5 nitrogen and oxygen atoms in total. The zero-order chi connectivity index (χ0) is 12.4. The predicted octanol–water partition coefficient (Wildman–Crippen LogP) is 2.21. The summed E-state index contributed by atoms with van der Waals surface area (Å²) in [4.78, 5) is 11.9. The highest BCUT2D eigenvalue weighted by Crippen LogP contribution is 2.21. The van der Waals surface area contributed by atoms with Gasteiger partial charge < -0.3 is 11.1 Å². The Balaban J connectivity index is 2.23. The zero-order valence-corrected chi connectivity index (χ0v) is 9.88. The van der Waals surface area contributed by atoms with Crippen molar-refractivity contribution >= 4 is 29.0 Å². The Hall–Kier alpha value is -2.01. The van der Waals surface area contributed by atoms with E-state index in [0.717, 1.165) is 0 Å². The molecular formula is C11H11ClN4O. The average Bonchev–Trinajstić information content (AvgIpc) is 2.61. The number of rotatable bonds is 2. The van der Waals surface area contributed by atoms with E-state index >= 15 is 0 Å². The Morgan fingerprint density at radius 3 is 2.76 bits per heavy atom. The third-order valence-corrected chi connectivity index (χ3v) is 2.67. The van der Waals surface area contributed by atoms with Crippen LogP contribution in [0.25, 0.3) is 0 Å². The van der Waals surface area contributed by atoms with Gasteiger partial charge in [0, 0.05) is 0 Å². The molecule has 2 aromatic rings. The fourth-order valence-corrected chi connectivity index (χ4v) is 1.57. The fraction of sp³-hybridized carbons (Fsp3) is 0.0909. The predicted molar refractivity (Wildman–Crippen MR) is 67.1 cm³/mol. The number of carbonyl (C=O) groups excluding carboxylic acids is 1. The van der Waals surface area contributed by atoms with E-state index in [1.165, 1.54) is 0 Å². The molecule has 0 aliphatic carbocycles. The smallest absolute Gasteiger partial charge is 0.258 e. The summed E-state index contributed by atoms with van der Waals surface area (Å²) in [6, 6.07) is 6.77. The number of aromatic nitrogens is 2. The van der Waals surface area contributed by atoms with E-state index in [1.54, 1.807) is 31.2 Å². The molecule has 0 aliphatic heterocycles. The van der Waals surface area contributed by atoms with Gasteiger partial charge in [0.2, 0.25) is 0 Å². The number of anilines is 2. The molecule has 1 amide bonds. The molecule has 88 valence electrons. The first-order valence-corrected chi connectivity index (χ1v) is 5.33. The Kier molecular flexibility index (Phi) is 3.01. The van der Waals surface area contributed by atoms with Gasteiger partial charge in [-0.2, -0.15) is 5.10 Å². The molecule has 0 spiro atoms. The van der Waals surface area contributed by atoms with E-state index in [4.69, 9.17) is 17.3 Å². The monoisotopic (exact) mass is 250 g/mol. The van der Waals surface area contributed by atoms with Crippen LogP contribution in [0.4, 0.5) is 11.5 Å². The second kappa shape index (κ2) is 4.47. The average molecular weight is 251 g/mol. The van der Waals surface area contributed by atoms with Crippen molar-refractivity contribution in [3.8, 4) is 0 Å². The van der Waals surface area contributed by atoms with Crippen molar-refractivity contribution in [2.45, 2.75) is 6.92 Å². The van der Waals surface area contributed by atoms with Crippen molar-refractivity contribution in [1.82, 2.24) is 10.2 Å². The summed E-state index contributed by atoms with van der Waals surface area (Å²) in [5, 5.41) is 9.55. The summed E-state index contributed by atoms with van der Waals surface area (Å²) < 4.78 is 0. The Labute approximate surface area is 103 Å². The van der Waals surface area contributed by atoms with Gasteiger partial charge in [-0.1, -0.05) is 23.7 Å². The summed E-state index contributed by atoms with van der Waals surface area (Å²) in [6.45, 7) is 1.77. The highest BCUT2D eigenvalue weighted by Gasteiger charge is 2.13. The first kappa shape index (κ1) is 11.5. The molecule has 0 aliphatic rings. The summed E-state index contributed by atoms with van der Waals surface area (Å²) in [5.41, 5.74) is 7.24. The van der Waals surface area contributed by atoms with Crippen LogP contribution >= 0.6 is 11.6 Å². The fourth-order valence-electron chi connectivity index (χ4n) is 1.35. The Bertz CT molecular complexity index is 564. The van der Waals surface area contributed by atoms with Crippen LogP contribution in [-0.4, -0.2) is 16.1 Å². The number of hydrogen-bond donors (Lipinski definition) is 3. The van der Waals surface area contributed by atoms with Crippen LogP contribution in [0, 0.1) is 6.92 Å². The van der Waals surface area contributed by atoms with Crippen LogP contribution < -0.4 is 11.1 Å². The molecule has 1 aromatic heterocycles. The second-order valence-electron chi connectivity index (χ2n) is 3.54. The molecular weight excluding hydrogens is 240 g/mol. The molecule has 17 heavy (non-hydrogen) atoms. The molecule has 0 atom stereocenters. The number of nitrogens with two attached hydrogens (primary N) is 1. The maximum Gasteiger partial charge on any atom is 0.258 e. The van der Waals surface area contributed by atoms with E-state index in [-0.39, 0.29) is 5.91 Å². The van der Waals surface area contributed by atoms with E-state index in [2.05, 4.69) is 15.5 Å².